The maximum atomic E-state index is 4.95. The molecule has 0 radical (unpaired) electrons. The maximum Gasteiger partial charge on any atom is 0.0502 e. The highest BCUT2D eigenvalue weighted by atomic mass is 16.5. The SMILES string of the molecule is C/C=C\C.C=NC.CC.CC.CC.CC.CN1Cc2ccccc2C1.COCCc1ccccc1.Cc1ccccc1.Cn1ccc2ccccc21. The molecule has 1 aliphatic heterocycles. The fourth-order valence-corrected chi connectivity index (χ4v) is 4.12. The summed E-state index contributed by atoms with van der Waals surface area (Å²) in [5.41, 5.74) is 6.93. The van der Waals surface area contributed by atoms with Crippen LogP contribution in [0.4, 0.5) is 0 Å². The molecule has 2 heterocycles. The fraction of sp³-hybridized carbons (Fsp3) is 0.396. The van der Waals surface area contributed by atoms with E-state index in [4.69, 9.17) is 4.74 Å². The number of benzene rings is 4. The van der Waals surface area contributed by atoms with Crippen molar-refractivity contribution in [3.63, 3.8) is 0 Å². The van der Waals surface area contributed by atoms with Crippen LogP contribution in [0, 0.1) is 6.92 Å². The molecule has 6 rings (SSSR count). The van der Waals surface area contributed by atoms with Crippen molar-refractivity contribution in [2.75, 3.05) is 27.8 Å². The number of nitrogens with zero attached hydrogens (tertiary/aromatic N) is 3. The Morgan fingerprint density at radius 1 is 0.635 bits per heavy atom. The Labute approximate surface area is 322 Å². The van der Waals surface area contributed by atoms with Crippen LogP contribution in [0.25, 0.3) is 10.9 Å². The van der Waals surface area contributed by atoms with Gasteiger partial charge >= 0.3 is 0 Å². The van der Waals surface area contributed by atoms with Crippen molar-refractivity contribution in [3.8, 4) is 0 Å². The molecule has 0 atom stereocenters. The topological polar surface area (TPSA) is 29.8 Å². The third-order valence-electron chi connectivity index (χ3n) is 6.50. The Hall–Kier alpha value is -4.25. The van der Waals surface area contributed by atoms with Gasteiger partial charge in [0, 0.05) is 46.0 Å². The first kappa shape index (κ1) is 54.5. The number of aryl methyl sites for hydroxylation is 2. The molecule has 0 unspecified atom stereocenters. The largest absolute Gasteiger partial charge is 0.384 e. The quantitative estimate of drug-likeness (QED) is 0.138. The van der Waals surface area contributed by atoms with Gasteiger partial charge in [-0.05, 0) is 75.2 Å². The van der Waals surface area contributed by atoms with Gasteiger partial charge < -0.3 is 14.3 Å². The van der Waals surface area contributed by atoms with E-state index in [1.807, 2.05) is 118 Å². The standard InChI is InChI=1S/C9H11N.C9H9N.C9H12O.C7H8.C4H8.C2H5N.4C2H6/c1-10-6-8-4-2-3-5-9(8)7-10;1-10-7-6-8-4-2-3-5-9(8)10;1-10-8-7-9-5-3-2-4-6-9;1-7-5-3-2-4-6-7;1-3-4-2;1-3-2;4*1-2/h2-5H,6-7H2,1H3;2-7H,1H3;2-6H,7-8H2,1H3;2-6H,1H3;3-4H,1-2H3;1H2,2H3;4*1-2H3/b;;;;4-3-;;;;;. The molecule has 0 saturated heterocycles. The molecule has 0 bridgehead atoms. The van der Waals surface area contributed by atoms with Crippen molar-refractivity contribution >= 4 is 17.6 Å². The second kappa shape index (κ2) is 42.9. The van der Waals surface area contributed by atoms with Crippen LogP contribution in [0.1, 0.15) is 91.5 Å². The van der Waals surface area contributed by atoms with E-state index < -0.39 is 0 Å². The highest BCUT2D eigenvalue weighted by Crippen LogP contribution is 2.19. The molecule has 1 aliphatic rings. The number of aliphatic imine (C=N–C) groups is 1. The van der Waals surface area contributed by atoms with Crippen LogP contribution in [0.3, 0.4) is 0 Å². The highest BCUT2D eigenvalue weighted by molar-refractivity contribution is 5.79. The molecular weight excluding hydrogens is 635 g/mol. The molecule has 0 spiro atoms. The lowest BCUT2D eigenvalue weighted by atomic mass is 10.1. The van der Waals surface area contributed by atoms with Gasteiger partial charge in [-0.3, -0.25) is 4.90 Å². The molecule has 5 aromatic rings. The van der Waals surface area contributed by atoms with Crippen LogP contribution in [-0.2, 0) is 31.3 Å². The van der Waals surface area contributed by atoms with Crippen LogP contribution in [0.15, 0.2) is 139 Å². The minimum absolute atomic E-state index is 0.810. The zero-order chi connectivity index (χ0) is 40.4. The number of hydrogen-bond donors (Lipinski definition) is 0. The molecule has 0 aliphatic carbocycles. The van der Waals surface area contributed by atoms with E-state index in [1.54, 1.807) is 14.2 Å². The summed E-state index contributed by atoms with van der Waals surface area (Å²) in [6, 6.07) is 39.7. The van der Waals surface area contributed by atoms with Crippen LogP contribution >= 0.6 is 0 Å². The zero-order valence-electron chi connectivity index (χ0n) is 36.0. The number of allylic oxidation sites excluding steroid dienone is 2. The number of fused-ring (bicyclic) bond motifs is 2. The fourth-order valence-electron chi connectivity index (χ4n) is 4.12. The molecule has 4 nitrogen and oxygen atoms in total. The summed E-state index contributed by atoms with van der Waals surface area (Å²) in [5, 5.41) is 1.31. The number of rotatable bonds is 3. The monoisotopic (exact) mass is 712 g/mol. The van der Waals surface area contributed by atoms with Crippen LogP contribution in [-0.4, -0.2) is 44.0 Å². The summed E-state index contributed by atoms with van der Waals surface area (Å²) in [7, 11) is 7.57. The van der Waals surface area contributed by atoms with Gasteiger partial charge in [-0.2, -0.15) is 0 Å². The number of ether oxygens (including phenoxy) is 1. The molecule has 290 valence electrons. The van der Waals surface area contributed by atoms with Gasteiger partial charge in [0.15, 0.2) is 0 Å². The third-order valence-corrected chi connectivity index (χ3v) is 6.50. The first-order valence-electron chi connectivity index (χ1n) is 19.1. The summed E-state index contributed by atoms with van der Waals surface area (Å²) in [6.45, 7) is 28.2. The maximum absolute atomic E-state index is 4.95. The molecule has 0 saturated carbocycles. The highest BCUT2D eigenvalue weighted by Gasteiger charge is 2.12. The van der Waals surface area contributed by atoms with Gasteiger partial charge in [-0.15, -0.1) is 0 Å². The Balaban J connectivity index is -0.000000264. The predicted octanol–water partition coefficient (Wildman–Crippen LogP) is 13.7. The molecule has 0 amide bonds. The second-order valence-corrected chi connectivity index (χ2v) is 10.3. The van der Waals surface area contributed by atoms with Gasteiger partial charge in [-0.1, -0.05) is 176 Å². The van der Waals surface area contributed by atoms with Crippen molar-refractivity contribution in [2.24, 2.45) is 12.0 Å². The summed E-state index contributed by atoms with van der Waals surface area (Å²) in [4.78, 5) is 5.57. The second-order valence-electron chi connectivity index (χ2n) is 10.3. The molecule has 4 aromatic carbocycles. The van der Waals surface area contributed by atoms with Crippen LogP contribution < -0.4 is 0 Å². The lowest BCUT2D eigenvalue weighted by molar-refractivity contribution is 0.202. The van der Waals surface area contributed by atoms with E-state index in [0.717, 1.165) is 26.1 Å². The van der Waals surface area contributed by atoms with E-state index in [9.17, 15) is 0 Å². The summed E-state index contributed by atoms with van der Waals surface area (Å²) in [6.07, 6.45) is 7.09. The van der Waals surface area contributed by atoms with E-state index in [-0.39, 0.29) is 0 Å². The summed E-state index contributed by atoms with van der Waals surface area (Å²) in [5.74, 6) is 0. The lowest BCUT2D eigenvalue weighted by Crippen LogP contribution is -2.07. The number of aromatic nitrogens is 1. The van der Waals surface area contributed by atoms with E-state index in [1.165, 1.54) is 33.2 Å². The average Bonchev–Trinajstić information content (AvgIpc) is 3.80. The first-order chi connectivity index (χ1) is 25.4. The Kier molecular flexibility index (Phi) is 45.0. The number of hydrogen-bond acceptors (Lipinski definition) is 3. The summed E-state index contributed by atoms with van der Waals surface area (Å²) >= 11 is 0. The van der Waals surface area contributed by atoms with Crippen molar-refractivity contribution in [1.29, 1.82) is 0 Å². The number of para-hydroxylation sites is 1. The van der Waals surface area contributed by atoms with Crippen molar-refractivity contribution in [3.05, 3.63) is 156 Å². The van der Waals surface area contributed by atoms with Crippen LogP contribution in [0.2, 0.25) is 0 Å². The average molecular weight is 712 g/mol. The van der Waals surface area contributed by atoms with Gasteiger partial charge in [-0.25, -0.2) is 0 Å². The summed E-state index contributed by atoms with van der Waals surface area (Å²) < 4.78 is 7.07. The van der Waals surface area contributed by atoms with Gasteiger partial charge in [0.1, 0.15) is 0 Å². The van der Waals surface area contributed by atoms with E-state index in [0.29, 0.717) is 0 Å². The molecule has 4 heteroatoms. The zero-order valence-corrected chi connectivity index (χ0v) is 36.0. The molecular formula is C48H77N3O. The van der Waals surface area contributed by atoms with E-state index in [2.05, 4.69) is 127 Å². The van der Waals surface area contributed by atoms with E-state index >= 15 is 0 Å². The predicted molar refractivity (Wildman–Crippen MR) is 239 cm³/mol. The molecule has 1 aromatic heterocycles. The van der Waals surface area contributed by atoms with Gasteiger partial charge in [0.2, 0.25) is 0 Å². The van der Waals surface area contributed by atoms with Crippen molar-refractivity contribution in [2.45, 2.75) is 95.7 Å². The Morgan fingerprint density at radius 2 is 1.04 bits per heavy atom. The minimum atomic E-state index is 0.810. The first-order valence-corrected chi connectivity index (χ1v) is 19.1. The lowest BCUT2D eigenvalue weighted by Gasteiger charge is -2.02. The van der Waals surface area contributed by atoms with Crippen LogP contribution in [0.5, 0.6) is 0 Å². The van der Waals surface area contributed by atoms with Gasteiger partial charge in [0.25, 0.3) is 0 Å². The molecule has 0 N–H and O–H groups in total. The van der Waals surface area contributed by atoms with Crippen molar-refractivity contribution in [1.82, 2.24) is 9.47 Å². The third kappa shape index (κ3) is 29.5. The Morgan fingerprint density at radius 3 is 1.42 bits per heavy atom. The number of methoxy groups -OCH3 is 1. The normalized spacial score (nSPS) is 9.83. The minimum Gasteiger partial charge on any atom is -0.384 e. The van der Waals surface area contributed by atoms with Crippen molar-refractivity contribution < 1.29 is 4.74 Å². The molecule has 0 fully saturated rings. The smallest absolute Gasteiger partial charge is 0.0502 e. The molecule has 52 heavy (non-hydrogen) atoms. The van der Waals surface area contributed by atoms with Gasteiger partial charge in [0.05, 0.1) is 6.61 Å². The Bertz CT molecular complexity index is 1400.